The van der Waals surface area contributed by atoms with E-state index < -0.39 is 0 Å². The molecule has 120 valence electrons. The van der Waals surface area contributed by atoms with E-state index in [-0.39, 0.29) is 12.1 Å². The van der Waals surface area contributed by atoms with Crippen LogP contribution in [0.5, 0.6) is 0 Å². The maximum absolute atomic E-state index is 9.74. The van der Waals surface area contributed by atoms with Gasteiger partial charge in [-0.1, -0.05) is 27.7 Å². The van der Waals surface area contributed by atoms with Crippen LogP contribution >= 0.6 is 0 Å². The van der Waals surface area contributed by atoms with Crippen molar-refractivity contribution in [1.82, 2.24) is 9.97 Å². The van der Waals surface area contributed by atoms with E-state index in [4.69, 9.17) is 0 Å². The second-order valence-electron chi connectivity index (χ2n) is 5.51. The summed E-state index contributed by atoms with van der Waals surface area (Å²) < 4.78 is 0. The van der Waals surface area contributed by atoms with E-state index in [1.807, 2.05) is 6.92 Å². The fraction of sp³-hybridized carbons (Fsp3) is 0.750. The molecule has 5 heteroatoms. The molecule has 0 aromatic carbocycles. The van der Waals surface area contributed by atoms with Gasteiger partial charge in [-0.2, -0.15) is 0 Å². The van der Waals surface area contributed by atoms with Crippen molar-refractivity contribution >= 4 is 11.6 Å². The van der Waals surface area contributed by atoms with Crippen molar-refractivity contribution in [3.63, 3.8) is 0 Å². The van der Waals surface area contributed by atoms with E-state index in [1.165, 1.54) is 0 Å². The summed E-state index contributed by atoms with van der Waals surface area (Å²) in [5.74, 6) is 2.55. The molecular weight excluding hydrogens is 264 g/mol. The van der Waals surface area contributed by atoms with Crippen LogP contribution in [0.15, 0.2) is 0 Å². The summed E-state index contributed by atoms with van der Waals surface area (Å²) >= 11 is 0. The minimum Gasteiger partial charge on any atom is -0.394 e. The number of hydrogen-bond donors (Lipinski definition) is 3. The summed E-state index contributed by atoms with van der Waals surface area (Å²) in [5.41, 5.74) is 0.701. The molecule has 0 aliphatic heterocycles. The lowest BCUT2D eigenvalue weighted by Gasteiger charge is -2.32. The second kappa shape index (κ2) is 8.17. The molecule has 0 atom stereocenters. The van der Waals surface area contributed by atoms with Gasteiger partial charge in [-0.15, -0.1) is 0 Å². The van der Waals surface area contributed by atoms with Gasteiger partial charge in [-0.25, -0.2) is 9.97 Å². The highest BCUT2D eigenvalue weighted by molar-refractivity contribution is 5.58. The SMILES string of the molecule is CCCNc1nc(CC)nc(NC(CC)(CC)CO)c1C. The van der Waals surface area contributed by atoms with Gasteiger partial charge in [0.25, 0.3) is 0 Å². The Morgan fingerprint density at radius 1 is 1.05 bits per heavy atom. The number of nitrogens with zero attached hydrogens (tertiary/aromatic N) is 2. The van der Waals surface area contributed by atoms with Crippen LogP contribution in [0.25, 0.3) is 0 Å². The van der Waals surface area contributed by atoms with Crippen molar-refractivity contribution in [2.45, 2.75) is 65.8 Å². The Morgan fingerprint density at radius 2 is 1.67 bits per heavy atom. The highest BCUT2D eigenvalue weighted by Gasteiger charge is 2.26. The molecule has 1 heterocycles. The molecule has 1 aromatic heterocycles. The summed E-state index contributed by atoms with van der Waals surface area (Å²) in [6, 6.07) is 0. The molecule has 0 unspecified atom stereocenters. The van der Waals surface area contributed by atoms with Crippen molar-refractivity contribution in [2.24, 2.45) is 0 Å². The Labute approximate surface area is 128 Å². The van der Waals surface area contributed by atoms with Crippen LogP contribution in [0, 0.1) is 6.92 Å². The van der Waals surface area contributed by atoms with Gasteiger partial charge in [-0.3, -0.25) is 0 Å². The van der Waals surface area contributed by atoms with E-state index in [0.717, 1.165) is 55.3 Å². The van der Waals surface area contributed by atoms with Gasteiger partial charge >= 0.3 is 0 Å². The first-order chi connectivity index (χ1) is 10.1. The molecule has 0 aliphatic carbocycles. The van der Waals surface area contributed by atoms with Crippen LogP contribution in [0.4, 0.5) is 11.6 Å². The molecule has 0 aliphatic rings. The fourth-order valence-electron chi connectivity index (χ4n) is 2.20. The average molecular weight is 294 g/mol. The Kier molecular flexibility index (Phi) is 6.89. The van der Waals surface area contributed by atoms with Gasteiger partial charge in [0, 0.05) is 18.5 Å². The van der Waals surface area contributed by atoms with Gasteiger partial charge in [0.05, 0.1) is 12.1 Å². The quantitative estimate of drug-likeness (QED) is 0.653. The third kappa shape index (κ3) is 4.30. The molecule has 3 N–H and O–H groups in total. The van der Waals surface area contributed by atoms with Crippen molar-refractivity contribution in [2.75, 3.05) is 23.8 Å². The topological polar surface area (TPSA) is 70.1 Å². The first kappa shape index (κ1) is 17.7. The molecule has 0 amide bonds. The summed E-state index contributed by atoms with van der Waals surface area (Å²) in [4.78, 5) is 9.19. The van der Waals surface area contributed by atoms with Crippen LogP contribution in [0.2, 0.25) is 0 Å². The summed E-state index contributed by atoms with van der Waals surface area (Å²) in [6.45, 7) is 11.4. The Hall–Kier alpha value is -1.36. The predicted molar refractivity (Wildman–Crippen MR) is 88.9 cm³/mol. The standard InChI is InChI=1S/C16H30N4O/c1-6-10-17-14-12(5)15(19-13(7-2)18-14)20-16(8-3,9-4)11-21/h21H,6-11H2,1-5H3,(H2,17,18,19,20). The number of hydrogen-bond acceptors (Lipinski definition) is 5. The third-order valence-corrected chi connectivity index (χ3v) is 4.09. The first-order valence-electron chi connectivity index (χ1n) is 8.06. The van der Waals surface area contributed by atoms with Gasteiger partial charge < -0.3 is 15.7 Å². The minimum absolute atomic E-state index is 0.0998. The Balaban J connectivity index is 3.15. The zero-order valence-electron chi connectivity index (χ0n) is 14.1. The molecule has 1 aromatic rings. The predicted octanol–water partition coefficient (Wildman–Crippen LogP) is 3.13. The van der Waals surface area contributed by atoms with Gasteiger partial charge in [0.2, 0.25) is 0 Å². The van der Waals surface area contributed by atoms with Gasteiger partial charge in [-0.05, 0) is 26.2 Å². The number of aliphatic hydroxyl groups excluding tert-OH is 1. The summed E-state index contributed by atoms with van der Waals surface area (Å²) in [7, 11) is 0. The van der Waals surface area contributed by atoms with Crippen LogP contribution in [0.1, 0.15) is 58.3 Å². The largest absolute Gasteiger partial charge is 0.394 e. The van der Waals surface area contributed by atoms with E-state index in [2.05, 4.69) is 48.3 Å². The minimum atomic E-state index is -0.313. The summed E-state index contributed by atoms with van der Waals surface area (Å²) in [5, 5.41) is 16.6. The van der Waals surface area contributed by atoms with Crippen LogP contribution in [-0.2, 0) is 6.42 Å². The molecule has 0 saturated heterocycles. The molecule has 0 spiro atoms. The normalized spacial score (nSPS) is 11.5. The highest BCUT2D eigenvalue weighted by atomic mass is 16.3. The maximum Gasteiger partial charge on any atom is 0.135 e. The molecule has 0 radical (unpaired) electrons. The maximum atomic E-state index is 9.74. The Morgan fingerprint density at radius 3 is 2.14 bits per heavy atom. The zero-order valence-corrected chi connectivity index (χ0v) is 14.1. The Bertz CT molecular complexity index is 436. The number of anilines is 2. The molecule has 21 heavy (non-hydrogen) atoms. The molecular formula is C16H30N4O. The van der Waals surface area contributed by atoms with Crippen LogP contribution < -0.4 is 10.6 Å². The number of aryl methyl sites for hydroxylation is 1. The number of aromatic nitrogens is 2. The van der Waals surface area contributed by atoms with E-state index in [0.29, 0.717) is 0 Å². The van der Waals surface area contributed by atoms with Crippen LogP contribution in [-0.4, -0.2) is 33.8 Å². The van der Waals surface area contributed by atoms with Crippen molar-refractivity contribution in [1.29, 1.82) is 0 Å². The lowest BCUT2D eigenvalue weighted by Crippen LogP contribution is -2.41. The zero-order chi connectivity index (χ0) is 15.9. The van der Waals surface area contributed by atoms with Crippen LogP contribution in [0.3, 0.4) is 0 Å². The lowest BCUT2D eigenvalue weighted by atomic mass is 9.93. The first-order valence-corrected chi connectivity index (χ1v) is 8.06. The van der Waals surface area contributed by atoms with E-state index in [1.54, 1.807) is 0 Å². The smallest absolute Gasteiger partial charge is 0.135 e. The third-order valence-electron chi connectivity index (χ3n) is 4.09. The van der Waals surface area contributed by atoms with E-state index in [9.17, 15) is 5.11 Å². The summed E-state index contributed by atoms with van der Waals surface area (Å²) in [6.07, 6.45) is 3.55. The van der Waals surface area contributed by atoms with Gasteiger partial charge in [0.1, 0.15) is 17.5 Å². The molecule has 5 nitrogen and oxygen atoms in total. The molecule has 0 saturated carbocycles. The highest BCUT2D eigenvalue weighted by Crippen LogP contribution is 2.26. The number of aliphatic hydroxyl groups is 1. The lowest BCUT2D eigenvalue weighted by molar-refractivity contribution is 0.202. The van der Waals surface area contributed by atoms with Crippen molar-refractivity contribution in [3.8, 4) is 0 Å². The van der Waals surface area contributed by atoms with Crippen molar-refractivity contribution < 1.29 is 5.11 Å². The molecule has 1 rings (SSSR count). The molecule has 0 bridgehead atoms. The molecule has 0 fully saturated rings. The number of rotatable bonds is 9. The van der Waals surface area contributed by atoms with Gasteiger partial charge in [0.15, 0.2) is 0 Å². The van der Waals surface area contributed by atoms with E-state index >= 15 is 0 Å². The van der Waals surface area contributed by atoms with Crippen molar-refractivity contribution in [3.05, 3.63) is 11.4 Å². The monoisotopic (exact) mass is 294 g/mol. The fourth-order valence-corrected chi connectivity index (χ4v) is 2.20. The average Bonchev–Trinajstić information content (AvgIpc) is 2.53. The second-order valence-corrected chi connectivity index (χ2v) is 5.51. The number of nitrogens with one attached hydrogen (secondary N) is 2.